The molecule has 0 aliphatic carbocycles. The molecular formula is C18H20ClN3O3S. The average Bonchev–Trinajstić information content (AvgIpc) is 2.98. The summed E-state index contributed by atoms with van der Waals surface area (Å²) in [4.78, 5) is 24.8. The zero-order valence-corrected chi connectivity index (χ0v) is 16.1. The van der Waals surface area contributed by atoms with E-state index >= 15 is 0 Å². The molecule has 0 saturated heterocycles. The highest BCUT2D eigenvalue weighted by Crippen LogP contribution is 2.39. The van der Waals surface area contributed by atoms with Gasteiger partial charge >= 0.3 is 0 Å². The first-order chi connectivity index (χ1) is 12.4. The molecule has 3 rings (SSSR count). The van der Waals surface area contributed by atoms with E-state index in [4.69, 9.17) is 11.6 Å². The van der Waals surface area contributed by atoms with Crippen LogP contribution in [-0.4, -0.2) is 34.9 Å². The molecule has 0 radical (unpaired) electrons. The van der Waals surface area contributed by atoms with E-state index in [9.17, 15) is 14.9 Å². The van der Waals surface area contributed by atoms with E-state index in [2.05, 4.69) is 29.4 Å². The minimum atomic E-state index is -0.480. The van der Waals surface area contributed by atoms with Gasteiger partial charge in [0.15, 0.2) is 0 Å². The van der Waals surface area contributed by atoms with Crippen LogP contribution in [0.15, 0.2) is 29.6 Å². The van der Waals surface area contributed by atoms with Crippen molar-refractivity contribution in [2.75, 3.05) is 13.1 Å². The van der Waals surface area contributed by atoms with Gasteiger partial charge in [0.25, 0.3) is 11.6 Å². The molecule has 6 nitrogen and oxygen atoms in total. The molecule has 2 aromatic rings. The van der Waals surface area contributed by atoms with Crippen LogP contribution in [0.1, 0.15) is 41.4 Å². The van der Waals surface area contributed by atoms with Crippen LogP contribution < -0.4 is 5.32 Å². The van der Waals surface area contributed by atoms with Crippen molar-refractivity contribution in [3.63, 3.8) is 0 Å². The number of nitro benzene ring substituents is 1. The Morgan fingerprint density at radius 2 is 2.08 bits per heavy atom. The predicted molar refractivity (Wildman–Crippen MR) is 103 cm³/mol. The minimum absolute atomic E-state index is 0.0252. The van der Waals surface area contributed by atoms with Gasteiger partial charge in [-0.25, -0.2) is 0 Å². The van der Waals surface area contributed by atoms with Gasteiger partial charge in [0.1, 0.15) is 0 Å². The van der Waals surface area contributed by atoms with Gasteiger partial charge in [0, 0.05) is 42.9 Å². The number of amides is 1. The largest absolute Gasteiger partial charge is 0.351 e. The highest BCUT2D eigenvalue weighted by Gasteiger charge is 2.31. The number of halogens is 1. The summed E-state index contributed by atoms with van der Waals surface area (Å²) in [5.41, 5.74) is 2.92. The SMILES string of the molecule is C[C@@H]1Cc2c(csc2Cl)[C@@H](C)N1CCNC(=O)c1ccc([N+](=O)[O-])cc1. The number of hydrogen-bond acceptors (Lipinski definition) is 5. The molecule has 0 unspecified atom stereocenters. The van der Waals surface area contributed by atoms with E-state index in [-0.39, 0.29) is 17.6 Å². The number of nitrogens with zero attached hydrogens (tertiary/aromatic N) is 2. The minimum Gasteiger partial charge on any atom is -0.351 e. The highest BCUT2D eigenvalue weighted by molar-refractivity contribution is 7.14. The number of benzene rings is 1. The number of fused-ring (bicyclic) bond motifs is 1. The summed E-state index contributed by atoms with van der Waals surface area (Å²) in [6, 6.07) is 6.23. The van der Waals surface area contributed by atoms with Gasteiger partial charge in [0.05, 0.1) is 9.26 Å². The van der Waals surface area contributed by atoms with Crippen LogP contribution >= 0.6 is 22.9 Å². The zero-order valence-electron chi connectivity index (χ0n) is 14.6. The maximum Gasteiger partial charge on any atom is 0.269 e. The lowest BCUT2D eigenvalue weighted by Gasteiger charge is -2.39. The first-order valence-corrected chi connectivity index (χ1v) is 9.68. The van der Waals surface area contributed by atoms with E-state index in [1.165, 1.54) is 35.4 Å². The van der Waals surface area contributed by atoms with Crippen molar-refractivity contribution >= 4 is 34.5 Å². The molecule has 8 heteroatoms. The van der Waals surface area contributed by atoms with Gasteiger partial charge in [-0.2, -0.15) is 0 Å². The predicted octanol–water partition coefficient (Wildman–Crippen LogP) is 4.05. The van der Waals surface area contributed by atoms with Crippen LogP contribution in [0.3, 0.4) is 0 Å². The van der Waals surface area contributed by atoms with Gasteiger partial charge in [-0.1, -0.05) is 11.6 Å². The van der Waals surface area contributed by atoms with Gasteiger partial charge in [0.2, 0.25) is 0 Å². The number of non-ortho nitro benzene ring substituents is 1. The van der Waals surface area contributed by atoms with E-state index in [1.807, 2.05) is 0 Å². The summed E-state index contributed by atoms with van der Waals surface area (Å²) < 4.78 is 0.879. The van der Waals surface area contributed by atoms with Crippen LogP contribution in [0.2, 0.25) is 4.34 Å². The fourth-order valence-corrected chi connectivity index (χ4v) is 4.67. The Hall–Kier alpha value is -1.96. The molecule has 26 heavy (non-hydrogen) atoms. The molecule has 0 saturated carbocycles. The van der Waals surface area contributed by atoms with Crippen molar-refractivity contribution in [2.45, 2.75) is 32.4 Å². The van der Waals surface area contributed by atoms with Crippen molar-refractivity contribution in [3.05, 3.63) is 60.8 Å². The molecule has 0 fully saturated rings. The van der Waals surface area contributed by atoms with Crippen LogP contribution in [0, 0.1) is 10.1 Å². The fourth-order valence-electron chi connectivity index (χ4n) is 3.44. The van der Waals surface area contributed by atoms with E-state index in [1.54, 1.807) is 11.3 Å². The normalized spacial score (nSPS) is 19.8. The maximum atomic E-state index is 12.2. The Morgan fingerprint density at radius 1 is 1.38 bits per heavy atom. The molecule has 0 bridgehead atoms. The Labute approximate surface area is 160 Å². The van der Waals surface area contributed by atoms with Gasteiger partial charge in [-0.05, 0) is 48.9 Å². The van der Waals surface area contributed by atoms with E-state index in [0.29, 0.717) is 18.2 Å². The summed E-state index contributed by atoms with van der Waals surface area (Å²) in [5, 5.41) is 15.7. The molecule has 1 aromatic carbocycles. The molecule has 1 aliphatic heterocycles. The molecule has 1 aromatic heterocycles. The van der Waals surface area contributed by atoms with Crippen molar-refractivity contribution < 1.29 is 9.72 Å². The summed E-state index contributed by atoms with van der Waals surface area (Å²) >= 11 is 7.86. The number of nitrogens with one attached hydrogen (secondary N) is 1. The second-order valence-corrected chi connectivity index (χ2v) is 7.95. The third kappa shape index (κ3) is 3.75. The van der Waals surface area contributed by atoms with Gasteiger partial charge in [-0.15, -0.1) is 11.3 Å². The smallest absolute Gasteiger partial charge is 0.269 e. The van der Waals surface area contributed by atoms with Crippen molar-refractivity contribution in [1.82, 2.24) is 10.2 Å². The number of carbonyl (C=O) groups excluding carboxylic acids is 1. The van der Waals surface area contributed by atoms with Crippen molar-refractivity contribution in [2.24, 2.45) is 0 Å². The second kappa shape index (κ2) is 7.73. The van der Waals surface area contributed by atoms with Crippen LogP contribution in [0.4, 0.5) is 5.69 Å². The first kappa shape index (κ1) is 18.8. The molecule has 2 atom stereocenters. The lowest BCUT2D eigenvalue weighted by molar-refractivity contribution is -0.384. The summed E-state index contributed by atoms with van der Waals surface area (Å²) in [5.74, 6) is -0.225. The van der Waals surface area contributed by atoms with Crippen LogP contribution in [-0.2, 0) is 6.42 Å². The zero-order chi connectivity index (χ0) is 18.8. The number of thiophene rings is 1. The Balaban J connectivity index is 1.57. The number of hydrogen-bond donors (Lipinski definition) is 1. The number of nitro groups is 1. The van der Waals surface area contributed by atoms with Crippen molar-refractivity contribution in [3.8, 4) is 0 Å². The third-order valence-electron chi connectivity index (χ3n) is 4.88. The standard InChI is InChI=1S/C18H20ClN3O3S/c1-11-9-15-16(10-26-17(15)19)12(2)21(11)8-7-20-18(23)13-3-5-14(6-4-13)22(24)25/h3-6,10-12H,7-9H2,1-2H3,(H,20,23)/t11-,12-/m1/s1. The maximum absolute atomic E-state index is 12.2. The molecule has 0 spiro atoms. The second-order valence-electron chi connectivity index (χ2n) is 6.47. The topological polar surface area (TPSA) is 75.5 Å². The Bertz CT molecular complexity index is 822. The van der Waals surface area contributed by atoms with Crippen LogP contribution in [0.5, 0.6) is 0 Å². The number of rotatable bonds is 5. The van der Waals surface area contributed by atoms with E-state index < -0.39 is 4.92 Å². The van der Waals surface area contributed by atoms with Crippen molar-refractivity contribution in [1.29, 1.82) is 0 Å². The monoisotopic (exact) mass is 393 g/mol. The Morgan fingerprint density at radius 3 is 2.73 bits per heavy atom. The molecule has 1 amide bonds. The highest BCUT2D eigenvalue weighted by atomic mass is 35.5. The summed E-state index contributed by atoms with van der Waals surface area (Å²) in [7, 11) is 0. The lowest BCUT2D eigenvalue weighted by atomic mass is 9.93. The third-order valence-corrected chi connectivity index (χ3v) is 6.20. The average molecular weight is 394 g/mol. The lowest BCUT2D eigenvalue weighted by Crippen LogP contribution is -2.44. The van der Waals surface area contributed by atoms with Gasteiger partial charge in [-0.3, -0.25) is 19.8 Å². The van der Waals surface area contributed by atoms with Gasteiger partial charge < -0.3 is 5.32 Å². The number of carbonyl (C=O) groups is 1. The molecule has 138 valence electrons. The molecule has 1 aliphatic rings. The summed E-state index contributed by atoms with van der Waals surface area (Å²) in [6.07, 6.45) is 0.915. The van der Waals surface area contributed by atoms with E-state index in [0.717, 1.165) is 17.3 Å². The molecular weight excluding hydrogens is 374 g/mol. The fraction of sp³-hybridized carbons (Fsp3) is 0.389. The summed E-state index contributed by atoms with van der Waals surface area (Å²) in [6.45, 7) is 5.58. The molecule has 2 heterocycles. The van der Waals surface area contributed by atoms with Crippen LogP contribution in [0.25, 0.3) is 0 Å². The first-order valence-electron chi connectivity index (χ1n) is 8.42. The Kier molecular flexibility index (Phi) is 5.60. The molecule has 1 N–H and O–H groups in total. The quantitative estimate of drug-likeness (QED) is 0.614.